The molecule has 60 heavy (non-hydrogen) atoms. The molecule has 3 aromatic heterocycles. The van der Waals surface area contributed by atoms with Crippen molar-refractivity contribution >= 4 is 55.0 Å². The van der Waals surface area contributed by atoms with Crippen molar-refractivity contribution in [1.29, 1.82) is 0 Å². The van der Waals surface area contributed by atoms with Crippen LogP contribution in [0.25, 0.3) is 110 Å². The van der Waals surface area contributed by atoms with Gasteiger partial charge in [0, 0.05) is 43.9 Å². The Labute approximate surface area is 346 Å². The third-order valence-electron chi connectivity index (χ3n) is 11.4. The van der Waals surface area contributed by atoms with E-state index < -0.39 is 0 Å². The molecule has 8 aromatic carbocycles. The topological polar surface area (TPSA) is 44.4 Å². The van der Waals surface area contributed by atoms with Crippen LogP contribution in [0.2, 0.25) is 0 Å². The minimum absolute atomic E-state index is 0.410. The van der Waals surface area contributed by atoms with E-state index >= 15 is 0 Å². The van der Waals surface area contributed by atoms with Crippen molar-refractivity contribution in [3.05, 3.63) is 217 Å². The van der Waals surface area contributed by atoms with Crippen molar-refractivity contribution in [2.24, 2.45) is 0 Å². The average molecular weight is 765 g/mol. The van der Waals surface area contributed by atoms with Crippen molar-refractivity contribution in [1.82, 2.24) is 19.1 Å². The van der Waals surface area contributed by atoms with Crippen LogP contribution in [-0.4, -0.2) is 19.1 Å². The fraction of sp³-hybridized carbons (Fsp3) is 0. The number of fused-ring (bicyclic) bond motifs is 6. The van der Waals surface area contributed by atoms with Crippen LogP contribution in [0.4, 0.5) is 11.4 Å². The largest absolute Gasteiger partial charge is 0.329 e. The highest BCUT2D eigenvalue weighted by molar-refractivity contribution is 6.13. The van der Waals surface area contributed by atoms with Gasteiger partial charge in [-0.15, -0.1) is 0 Å². The number of rotatable bonds is 6. The number of benzene rings is 8. The summed E-state index contributed by atoms with van der Waals surface area (Å²) in [6, 6.07) is 66.0. The van der Waals surface area contributed by atoms with Gasteiger partial charge in [0.1, 0.15) is 0 Å². The lowest BCUT2D eigenvalue weighted by atomic mass is 10.00. The van der Waals surface area contributed by atoms with Crippen LogP contribution in [0.1, 0.15) is 0 Å². The Balaban J connectivity index is 1.02. The lowest BCUT2D eigenvalue weighted by Crippen LogP contribution is -1.97. The summed E-state index contributed by atoms with van der Waals surface area (Å²) in [4.78, 5) is 18.1. The van der Waals surface area contributed by atoms with E-state index in [1.807, 2.05) is 103 Å². The van der Waals surface area contributed by atoms with E-state index in [1.54, 1.807) is 0 Å². The van der Waals surface area contributed by atoms with Gasteiger partial charge < -0.3 is 9.13 Å². The molecule has 0 N–H and O–H groups in total. The van der Waals surface area contributed by atoms with Gasteiger partial charge >= 0.3 is 0 Å². The second kappa shape index (κ2) is 14.1. The molecule has 0 bridgehead atoms. The van der Waals surface area contributed by atoms with Gasteiger partial charge in [-0.3, -0.25) is 0 Å². The summed E-state index contributed by atoms with van der Waals surface area (Å²) >= 11 is 0. The molecule has 11 rings (SSSR count). The second-order valence-corrected chi connectivity index (χ2v) is 14.8. The molecule has 0 spiro atoms. The Bertz CT molecular complexity index is 3400. The highest BCUT2D eigenvalue weighted by Gasteiger charge is 2.21. The van der Waals surface area contributed by atoms with Crippen LogP contribution in [-0.2, 0) is 0 Å². The minimum Gasteiger partial charge on any atom is -0.329 e. The first-order valence-corrected chi connectivity index (χ1v) is 19.7. The van der Waals surface area contributed by atoms with Gasteiger partial charge in [-0.1, -0.05) is 140 Å². The molecule has 278 valence electrons. The minimum atomic E-state index is 0.410. The smallest absolute Gasteiger partial charge is 0.200 e. The van der Waals surface area contributed by atoms with Crippen LogP contribution in [0.3, 0.4) is 0 Å². The van der Waals surface area contributed by atoms with E-state index in [0.717, 1.165) is 77.7 Å². The van der Waals surface area contributed by atoms with Crippen molar-refractivity contribution in [3.63, 3.8) is 0 Å². The quantitative estimate of drug-likeness (QED) is 0.158. The summed E-state index contributed by atoms with van der Waals surface area (Å²) in [6.07, 6.45) is 0. The molecule has 3 heterocycles. The number of nitrogens with zero attached hydrogens (tertiary/aromatic N) is 6. The van der Waals surface area contributed by atoms with E-state index in [1.165, 1.54) is 10.8 Å². The Hall–Kier alpha value is -8.58. The summed E-state index contributed by atoms with van der Waals surface area (Å²) in [5.41, 5.74) is 12.8. The Kier molecular flexibility index (Phi) is 8.15. The molecule has 0 aliphatic heterocycles. The Morgan fingerprint density at radius 3 is 1.37 bits per heavy atom. The standard InChI is InChI=1S/C54H32N6/c1-55-47-31-39(35-25-27-37(28-26-35)46-34-45(36-15-5-3-6-16-36)57-54(58-46)38-17-7-4-8-18-38)32-48(56-2)53(47)60-51-24-14-11-21-43(51)44-33-40(29-30-52(44)60)59-49-22-12-9-19-41(49)42-20-10-13-23-50(42)59/h3-34H. The van der Waals surface area contributed by atoms with Crippen molar-refractivity contribution in [2.75, 3.05) is 0 Å². The van der Waals surface area contributed by atoms with Gasteiger partial charge in [0.15, 0.2) is 5.82 Å². The molecule has 6 nitrogen and oxygen atoms in total. The number of hydrogen-bond acceptors (Lipinski definition) is 2. The maximum Gasteiger partial charge on any atom is 0.200 e. The molecule has 0 fully saturated rings. The first kappa shape index (κ1) is 34.7. The highest BCUT2D eigenvalue weighted by Crippen LogP contribution is 2.44. The highest BCUT2D eigenvalue weighted by atomic mass is 15.0. The zero-order chi connectivity index (χ0) is 40.2. The van der Waals surface area contributed by atoms with Gasteiger partial charge in [0.25, 0.3) is 0 Å². The van der Waals surface area contributed by atoms with E-state index in [0.29, 0.717) is 22.9 Å². The monoisotopic (exact) mass is 764 g/mol. The fourth-order valence-electron chi connectivity index (χ4n) is 8.61. The normalized spacial score (nSPS) is 11.3. The number of para-hydroxylation sites is 3. The number of aromatic nitrogens is 4. The average Bonchev–Trinajstić information content (AvgIpc) is 3.84. The lowest BCUT2D eigenvalue weighted by molar-refractivity contribution is 1.17. The zero-order valence-corrected chi connectivity index (χ0v) is 32.2. The van der Waals surface area contributed by atoms with E-state index in [4.69, 9.17) is 23.1 Å². The summed E-state index contributed by atoms with van der Waals surface area (Å²) in [6.45, 7) is 16.9. The summed E-state index contributed by atoms with van der Waals surface area (Å²) in [7, 11) is 0. The molecular weight excluding hydrogens is 733 g/mol. The molecule has 0 amide bonds. The van der Waals surface area contributed by atoms with Crippen LogP contribution >= 0.6 is 0 Å². The molecule has 11 aromatic rings. The maximum atomic E-state index is 8.44. The molecule has 0 saturated heterocycles. The predicted molar refractivity (Wildman–Crippen MR) is 245 cm³/mol. The molecule has 0 saturated carbocycles. The van der Waals surface area contributed by atoms with Crippen molar-refractivity contribution < 1.29 is 0 Å². The third kappa shape index (κ3) is 5.63. The number of hydrogen-bond donors (Lipinski definition) is 0. The lowest BCUT2D eigenvalue weighted by Gasteiger charge is -2.15. The fourth-order valence-corrected chi connectivity index (χ4v) is 8.61. The molecular formula is C54H32N6. The van der Waals surface area contributed by atoms with Gasteiger partial charge in [0.05, 0.1) is 52.3 Å². The Morgan fingerprint density at radius 2 is 0.800 bits per heavy atom. The summed E-state index contributed by atoms with van der Waals surface area (Å²) in [5.74, 6) is 0.656. The molecule has 0 radical (unpaired) electrons. The van der Waals surface area contributed by atoms with Crippen LogP contribution < -0.4 is 0 Å². The van der Waals surface area contributed by atoms with Crippen molar-refractivity contribution in [3.8, 4) is 56.4 Å². The zero-order valence-electron chi connectivity index (χ0n) is 32.2. The van der Waals surface area contributed by atoms with Gasteiger partial charge in [0.2, 0.25) is 11.4 Å². The van der Waals surface area contributed by atoms with Crippen LogP contribution in [0, 0.1) is 13.1 Å². The predicted octanol–water partition coefficient (Wildman–Crippen LogP) is 14.4. The van der Waals surface area contributed by atoms with E-state index in [2.05, 4.69) is 110 Å². The maximum absolute atomic E-state index is 8.44. The Morgan fingerprint density at radius 1 is 0.350 bits per heavy atom. The van der Waals surface area contributed by atoms with Gasteiger partial charge in [-0.05, 0) is 65.7 Å². The first-order valence-electron chi connectivity index (χ1n) is 19.7. The first-order chi connectivity index (χ1) is 29.7. The van der Waals surface area contributed by atoms with Crippen molar-refractivity contribution in [2.45, 2.75) is 0 Å². The van der Waals surface area contributed by atoms with Crippen LogP contribution in [0.15, 0.2) is 194 Å². The molecule has 0 unspecified atom stereocenters. The molecule has 0 atom stereocenters. The van der Waals surface area contributed by atoms with Crippen LogP contribution in [0.5, 0.6) is 0 Å². The molecule has 0 aliphatic carbocycles. The summed E-state index contributed by atoms with van der Waals surface area (Å²) < 4.78 is 4.41. The van der Waals surface area contributed by atoms with E-state index in [9.17, 15) is 0 Å². The SMILES string of the molecule is [C-]#[N+]c1cc(-c2ccc(-c3cc(-c4ccccc4)nc(-c4ccccc4)n3)cc2)cc([N+]#[C-])c1-n1c2ccccc2c2cc(-n3c4ccccc4c4ccccc43)ccc21. The molecule has 0 aliphatic rings. The van der Waals surface area contributed by atoms with Gasteiger partial charge in [-0.25, -0.2) is 19.7 Å². The second-order valence-electron chi connectivity index (χ2n) is 14.8. The van der Waals surface area contributed by atoms with Gasteiger partial charge in [-0.2, -0.15) is 0 Å². The van der Waals surface area contributed by atoms with E-state index in [-0.39, 0.29) is 0 Å². The third-order valence-corrected chi connectivity index (χ3v) is 11.4. The summed E-state index contributed by atoms with van der Waals surface area (Å²) in [5, 5.41) is 4.51. The molecule has 6 heteroatoms.